The average molecular weight is 525 g/mol. The lowest BCUT2D eigenvalue weighted by Crippen LogP contribution is -2.49. The number of nitrogens with zero attached hydrogens (tertiary/aromatic N) is 2. The molecule has 0 saturated carbocycles. The highest BCUT2D eigenvalue weighted by molar-refractivity contribution is 5.75. The number of aliphatic hydroxyl groups excluding tert-OH is 1. The second-order valence-corrected chi connectivity index (χ2v) is 9.93. The number of aliphatic hydroxyl groups is 1. The van der Waals surface area contributed by atoms with Gasteiger partial charge in [0.25, 0.3) is 0 Å². The normalized spacial score (nSPS) is 17.2. The van der Waals surface area contributed by atoms with Crippen molar-refractivity contribution in [2.24, 2.45) is 0 Å². The summed E-state index contributed by atoms with van der Waals surface area (Å²) in [7, 11) is 0. The molecule has 5 rings (SSSR count). The highest BCUT2D eigenvalue weighted by atomic mass is 16.3. The molecular weight excluding hydrogens is 488 g/mol. The van der Waals surface area contributed by atoms with Crippen LogP contribution in [0.25, 0.3) is 0 Å². The number of benzene rings is 4. The highest BCUT2D eigenvalue weighted by Gasteiger charge is 2.36. The first-order valence-corrected chi connectivity index (χ1v) is 13.2. The molecule has 0 aromatic heterocycles. The number of phenolic OH excluding ortho intramolecular Hbond substituents is 2. The second-order valence-electron chi connectivity index (χ2n) is 9.93. The molecule has 0 bridgehead atoms. The van der Waals surface area contributed by atoms with Crippen LogP contribution in [-0.4, -0.2) is 49.8 Å². The molecule has 2 amide bonds. The maximum absolute atomic E-state index is 13.7. The van der Waals surface area contributed by atoms with Crippen molar-refractivity contribution in [3.63, 3.8) is 0 Å². The quantitative estimate of drug-likeness (QED) is 0.294. The van der Waals surface area contributed by atoms with E-state index in [0.717, 1.165) is 16.7 Å². The molecule has 4 aromatic carbocycles. The Morgan fingerprint density at radius 1 is 0.692 bits per heavy atom. The minimum atomic E-state index is -0.637. The third-order valence-electron chi connectivity index (χ3n) is 6.88. The number of rotatable bonds is 6. The van der Waals surface area contributed by atoms with E-state index in [4.69, 9.17) is 5.11 Å². The molecular formula is C33H36N2O4. The fourth-order valence-corrected chi connectivity index (χ4v) is 4.69. The molecule has 0 radical (unpaired) electrons. The lowest BCUT2D eigenvalue weighted by atomic mass is 9.97. The summed E-state index contributed by atoms with van der Waals surface area (Å²) >= 11 is 0. The summed E-state index contributed by atoms with van der Waals surface area (Å²) in [6.45, 7) is 3.44. The van der Waals surface area contributed by atoms with Crippen LogP contribution in [0.15, 0.2) is 109 Å². The maximum atomic E-state index is 13.7. The monoisotopic (exact) mass is 524 g/mol. The summed E-state index contributed by atoms with van der Waals surface area (Å²) in [5, 5.41) is 29.4. The SMILES string of the molecule is Cc1ccc(O)cc1.O=C1N(Cc2ccccc2)CCC(O)C(Cc2ccc(O)cc2)N1Cc1ccccc1. The molecule has 0 aliphatic carbocycles. The van der Waals surface area contributed by atoms with Crippen molar-refractivity contribution >= 4 is 6.03 Å². The summed E-state index contributed by atoms with van der Waals surface area (Å²) in [5.41, 5.74) is 4.24. The molecule has 1 heterocycles. The molecule has 39 heavy (non-hydrogen) atoms. The number of carbonyl (C=O) groups is 1. The van der Waals surface area contributed by atoms with Crippen molar-refractivity contribution in [1.29, 1.82) is 0 Å². The van der Waals surface area contributed by atoms with Gasteiger partial charge in [0.15, 0.2) is 0 Å². The van der Waals surface area contributed by atoms with Gasteiger partial charge >= 0.3 is 6.03 Å². The summed E-state index contributed by atoms with van der Waals surface area (Å²) < 4.78 is 0. The number of aromatic hydroxyl groups is 2. The van der Waals surface area contributed by atoms with Crippen LogP contribution < -0.4 is 0 Å². The molecule has 1 aliphatic heterocycles. The number of hydrogen-bond acceptors (Lipinski definition) is 4. The van der Waals surface area contributed by atoms with Gasteiger partial charge in [-0.1, -0.05) is 90.5 Å². The van der Waals surface area contributed by atoms with Crippen LogP contribution in [0.3, 0.4) is 0 Å². The standard InChI is InChI=1S/C26H28N2O3.C7H8O/c29-23-13-11-20(12-14-23)17-24-25(30)15-16-27(18-21-7-3-1-4-8-21)26(31)28(24)19-22-9-5-2-6-10-22;1-6-2-4-7(8)5-3-6/h1-14,24-25,29-30H,15-19H2;2-5,8H,1H3. The van der Waals surface area contributed by atoms with Crippen molar-refractivity contribution in [3.05, 3.63) is 131 Å². The molecule has 1 fully saturated rings. The van der Waals surface area contributed by atoms with Crippen molar-refractivity contribution in [3.8, 4) is 11.5 Å². The predicted octanol–water partition coefficient (Wildman–Crippen LogP) is 5.89. The second kappa shape index (κ2) is 13.5. The van der Waals surface area contributed by atoms with E-state index in [1.165, 1.54) is 5.56 Å². The van der Waals surface area contributed by atoms with Gasteiger partial charge in [0, 0.05) is 19.6 Å². The summed E-state index contributed by atoms with van der Waals surface area (Å²) in [4.78, 5) is 17.3. The fourth-order valence-electron chi connectivity index (χ4n) is 4.69. The zero-order valence-corrected chi connectivity index (χ0v) is 22.2. The van der Waals surface area contributed by atoms with E-state index in [9.17, 15) is 15.0 Å². The minimum Gasteiger partial charge on any atom is -0.508 e. The van der Waals surface area contributed by atoms with Gasteiger partial charge in [-0.05, 0) is 60.7 Å². The van der Waals surface area contributed by atoms with Crippen LogP contribution in [0.5, 0.6) is 11.5 Å². The van der Waals surface area contributed by atoms with E-state index >= 15 is 0 Å². The van der Waals surface area contributed by atoms with Gasteiger partial charge in [0.2, 0.25) is 0 Å². The minimum absolute atomic E-state index is 0.0620. The van der Waals surface area contributed by atoms with E-state index in [2.05, 4.69) is 0 Å². The van der Waals surface area contributed by atoms with Gasteiger partial charge in [-0.3, -0.25) is 0 Å². The zero-order valence-electron chi connectivity index (χ0n) is 22.2. The first kappa shape index (κ1) is 27.7. The lowest BCUT2D eigenvalue weighted by molar-refractivity contribution is 0.0679. The Hall–Kier alpha value is -4.29. The van der Waals surface area contributed by atoms with Gasteiger partial charge in [0.1, 0.15) is 11.5 Å². The van der Waals surface area contributed by atoms with Gasteiger partial charge < -0.3 is 25.1 Å². The molecule has 2 atom stereocenters. The van der Waals surface area contributed by atoms with E-state index in [-0.39, 0.29) is 17.8 Å². The molecule has 6 nitrogen and oxygen atoms in total. The largest absolute Gasteiger partial charge is 0.508 e. The Bertz CT molecular complexity index is 1270. The van der Waals surface area contributed by atoms with Crippen molar-refractivity contribution in [2.45, 2.75) is 45.0 Å². The Morgan fingerprint density at radius 3 is 1.74 bits per heavy atom. The molecule has 2 unspecified atom stereocenters. The molecule has 3 N–H and O–H groups in total. The van der Waals surface area contributed by atoms with Gasteiger partial charge in [-0.25, -0.2) is 4.79 Å². The Kier molecular flexibility index (Phi) is 9.59. The first-order valence-electron chi connectivity index (χ1n) is 13.2. The van der Waals surface area contributed by atoms with Crippen molar-refractivity contribution in [1.82, 2.24) is 9.80 Å². The van der Waals surface area contributed by atoms with E-state index < -0.39 is 6.10 Å². The molecule has 1 aliphatic rings. The Morgan fingerprint density at radius 2 is 1.21 bits per heavy atom. The number of hydrogen-bond donors (Lipinski definition) is 3. The average Bonchev–Trinajstić information content (AvgIpc) is 3.05. The van der Waals surface area contributed by atoms with Crippen molar-refractivity contribution in [2.75, 3.05) is 6.54 Å². The smallest absolute Gasteiger partial charge is 0.320 e. The zero-order chi connectivity index (χ0) is 27.6. The number of carbonyl (C=O) groups excluding carboxylic acids is 1. The van der Waals surface area contributed by atoms with Crippen LogP contribution in [0.1, 0.15) is 28.7 Å². The van der Waals surface area contributed by atoms with E-state index in [0.29, 0.717) is 38.2 Å². The maximum Gasteiger partial charge on any atom is 0.320 e. The summed E-state index contributed by atoms with van der Waals surface area (Å²) in [6, 6.07) is 33.5. The Labute approximate surface area is 230 Å². The van der Waals surface area contributed by atoms with E-state index in [1.807, 2.05) is 102 Å². The Balaban J connectivity index is 0.000000379. The predicted molar refractivity (Wildman–Crippen MR) is 153 cm³/mol. The fraction of sp³-hybridized carbons (Fsp3) is 0.242. The van der Waals surface area contributed by atoms with Gasteiger partial charge in [0.05, 0.1) is 12.1 Å². The number of amides is 2. The summed E-state index contributed by atoms with van der Waals surface area (Å²) in [5.74, 6) is 0.534. The molecule has 1 saturated heterocycles. The third kappa shape index (κ3) is 8.09. The summed E-state index contributed by atoms with van der Waals surface area (Å²) in [6.07, 6.45) is 0.411. The number of phenols is 2. The third-order valence-corrected chi connectivity index (χ3v) is 6.88. The van der Waals surface area contributed by atoms with Crippen LogP contribution >= 0.6 is 0 Å². The molecule has 4 aromatic rings. The van der Waals surface area contributed by atoms with Crippen LogP contribution in [0.4, 0.5) is 4.79 Å². The van der Waals surface area contributed by atoms with Gasteiger partial charge in [-0.15, -0.1) is 0 Å². The van der Waals surface area contributed by atoms with Crippen LogP contribution in [-0.2, 0) is 19.5 Å². The molecule has 6 heteroatoms. The van der Waals surface area contributed by atoms with E-state index in [1.54, 1.807) is 24.3 Å². The number of aryl methyl sites for hydroxylation is 1. The first-order chi connectivity index (χ1) is 18.9. The highest BCUT2D eigenvalue weighted by Crippen LogP contribution is 2.25. The van der Waals surface area contributed by atoms with Crippen LogP contribution in [0, 0.1) is 6.92 Å². The molecule has 202 valence electrons. The lowest BCUT2D eigenvalue weighted by Gasteiger charge is -2.34. The van der Waals surface area contributed by atoms with Crippen molar-refractivity contribution < 1.29 is 20.1 Å². The molecule has 0 spiro atoms. The van der Waals surface area contributed by atoms with Crippen LogP contribution in [0.2, 0.25) is 0 Å². The topological polar surface area (TPSA) is 84.2 Å². The van der Waals surface area contributed by atoms with Gasteiger partial charge in [-0.2, -0.15) is 0 Å². The number of urea groups is 1.